The summed E-state index contributed by atoms with van der Waals surface area (Å²) in [6, 6.07) is 8.26. The van der Waals surface area contributed by atoms with Gasteiger partial charge in [-0.3, -0.25) is 10.1 Å². The third-order valence-electron chi connectivity index (χ3n) is 2.68. The zero-order valence-corrected chi connectivity index (χ0v) is 12.9. The summed E-state index contributed by atoms with van der Waals surface area (Å²) in [5, 5.41) is 18.9. The van der Waals surface area contributed by atoms with E-state index in [0.29, 0.717) is 12.2 Å². The van der Waals surface area contributed by atoms with Gasteiger partial charge >= 0.3 is 0 Å². The number of hydrogen-bond acceptors (Lipinski definition) is 4. The maximum atomic E-state index is 10.5. The lowest BCUT2D eigenvalue weighted by atomic mass is 10.2. The molecule has 0 N–H and O–H groups in total. The molecule has 1 aromatic rings. The van der Waals surface area contributed by atoms with E-state index in [1.165, 1.54) is 12.1 Å². The number of unbranched alkanes of at least 4 members (excludes halogenated alkanes) is 2. The van der Waals surface area contributed by atoms with Gasteiger partial charge in [-0.05, 0) is 31.9 Å². The molecule has 0 aliphatic carbocycles. The topological polar surface area (TPSA) is 76.2 Å². The van der Waals surface area contributed by atoms with Crippen molar-refractivity contribution in [2.45, 2.75) is 31.9 Å². The van der Waals surface area contributed by atoms with Crippen LogP contribution in [0.2, 0.25) is 0 Å². The van der Waals surface area contributed by atoms with Gasteiger partial charge in [0.15, 0.2) is 0 Å². The van der Waals surface area contributed by atoms with Gasteiger partial charge < -0.3 is 4.74 Å². The largest absolute Gasteiger partial charge is 0.495 e. The highest BCUT2D eigenvalue weighted by atomic mass is 28.2. The predicted molar refractivity (Wildman–Crippen MR) is 80.3 cm³/mol. The SMILES string of the molecule is CC(Oc1ccc([N+](=O)[O-])cc1)[SiH2]C=CCCCC#N. The van der Waals surface area contributed by atoms with Crippen molar-refractivity contribution in [1.29, 1.82) is 5.26 Å². The number of rotatable bonds is 8. The van der Waals surface area contributed by atoms with E-state index in [1.54, 1.807) is 12.1 Å². The van der Waals surface area contributed by atoms with Crippen LogP contribution < -0.4 is 4.74 Å². The molecule has 1 atom stereocenters. The zero-order valence-electron chi connectivity index (χ0n) is 11.5. The predicted octanol–water partition coefficient (Wildman–Crippen LogP) is 2.70. The first-order chi connectivity index (χ1) is 9.63. The van der Waals surface area contributed by atoms with Crippen LogP contribution in [-0.4, -0.2) is 20.2 Å². The average Bonchev–Trinajstić information content (AvgIpc) is 2.43. The smallest absolute Gasteiger partial charge is 0.269 e. The van der Waals surface area contributed by atoms with Crippen molar-refractivity contribution in [2.75, 3.05) is 0 Å². The van der Waals surface area contributed by atoms with Crippen LogP contribution in [-0.2, 0) is 0 Å². The van der Waals surface area contributed by atoms with Gasteiger partial charge in [0, 0.05) is 18.6 Å². The molecule has 1 aromatic carbocycles. The monoisotopic (exact) mass is 290 g/mol. The number of nitro benzene ring substituents is 1. The molecule has 20 heavy (non-hydrogen) atoms. The molecule has 0 aliphatic heterocycles. The van der Waals surface area contributed by atoms with Crippen LogP contribution >= 0.6 is 0 Å². The Morgan fingerprint density at radius 2 is 2.20 bits per heavy atom. The molecular formula is C14H18N2O3Si. The average molecular weight is 290 g/mol. The van der Waals surface area contributed by atoms with Crippen LogP contribution in [0.4, 0.5) is 5.69 Å². The third-order valence-corrected chi connectivity index (χ3v) is 4.11. The second-order valence-electron chi connectivity index (χ2n) is 4.44. The van der Waals surface area contributed by atoms with Crippen molar-refractivity contribution in [3.8, 4) is 11.8 Å². The number of nitro groups is 1. The first-order valence-corrected chi connectivity index (χ1v) is 8.20. The summed E-state index contributed by atoms with van der Waals surface area (Å²) in [5.41, 5.74) is 2.39. The van der Waals surface area contributed by atoms with Gasteiger partial charge in [0.1, 0.15) is 5.75 Å². The van der Waals surface area contributed by atoms with E-state index in [-0.39, 0.29) is 11.4 Å². The fourth-order valence-corrected chi connectivity index (χ4v) is 2.73. The first kappa shape index (κ1) is 15.9. The third kappa shape index (κ3) is 6.16. The molecule has 5 nitrogen and oxygen atoms in total. The summed E-state index contributed by atoms with van der Waals surface area (Å²) >= 11 is 0. The molecule has 1 unspecified atom stereocenters. The van der Waals surface area contributed by atoms with Crippen LogP contribution in [0.5, 0.6) is 5.75 Å². The lowest BCUT2D eigenvalue weighted by Gasteiger charge is -2.12. The minimum Gasteiger partial charge on any atom is -0.495 e. The summed E-state index contributed by atoms with van der Waals surface area (Å²) < 4.78 is 5.71. The van der Waals surface area contributed by atoms with E-state index in [0.717, 1.165) is 12.8 Å². The maximum absolute atomic E-state index is 10.5. The maximum Gasteiger partial charge on any atom is 0.269 e. The van der Waals surface area contributed by atoms with Gasteiger partial charge in [0.2, 0.25) is 0 Å². The molecule has 0 bridgehead atoms. The molecule has 106 valence electrons. The Balaban J connectivity index is 2.33. The summed E-state index contributed by atoms with van der Waals surface area (Å²) in [4.78, 5) is 10.1. The normalized spacial score (nSPS) is 12.6. The Morgan fingerprint density at radius 1 is 1.50 bits per heavy atom. The highest BCUT2D eigenvalue weighted by Crippen LogP contribution is 2.18. The van der Waals surface area contributed by atoms with Crippen LogP contribution in [0, 0.1) is 21.4 Å². The van der Waals surface area contributed by atoms with Crippen molar-refractivity contribution in [2.24, 2.45) is 0 Å². The van der Waals surface area contributed by atoms with Gasteiger partial charge in [-0.25, -0.2) is 0 Å². The molecule has 0 spiro atoms. The van der Waals surface area contributed by atoms with Crippen molar-refractivity contribution in [3.05, 3.63) is 46.2 Å². The van der Waals surface area contributed by atoms with Gasteiger partial charge in [0.25, 0.3) is 5.69 Å². The minimum atomic E-state index is -0.487. The molecule has 0 saturated carbocycles. The van der Waals surface area contributed by atoms with Crippen molar-refractivity contribution < 1.29 is 9.66 Å². The summed E-state index contributed by atoms with van der Waals surface area (Å²) in [6.45, 7) is 2.01. The molecule has 0 aliphatic rings. The number of allylic oxidation sites excluding steroid dienone is 1. The number of ether oxygens (including phenoxy) is 1. The molecule has 0 saturated heterocycles. The molecule has 0 aromatic heterocycles. The molecule has 0 heterocycles. The second kappa shape index (κ2) is 8.88. The van der Waals surface area contributed by atoms with Crippen molar-refractivity contribution >= 4 is 15.2 Å². The fraction of sp³-hybridized carbons (Fsp3) is 0.357. The summed E-state index contributed by atoms with van der Waals surface area (Å²) in [6.07, 6.45) is 4.55. The number of hydrogen-bond donors (Lipinski definition) is 0. The van der Waals surface area contributed by atoms with Crippen molar-refractivity contribution in [1.82, 2.24) is 0 Å². The second-order valence-corrected chi connectivity index (χ2v) is 6.53. The quantitative estimate of drug-likeness (QED) is 0.319. The lowest BCUT2D eigenvalue weighted by molar-refractivity contribution is -0.384. The molecule has 0 radical (unpaired) electrons. The Labute approximate surface area is 120 Å². The molecule has 0 fully saturated rings. The van der Waals surface area contributed by atoms with Gasteiger partial charge in [-0.1, -0.05) is 6.08 Å². The Kier molecular flexibility index (Phi) is 7.07. The van der Waals surface area contributed by atoms with Crippen LogP contribution in [0.3, 0.4) is 0 Å². The molecule has 0 amide bonds. The standard InChI is InChI=1S/C14H18N2O3Si/c1-12(20-11-5-3-2-4-10-15)19-14-8-6-13(7-9-14)16(17)18/h5-9,11-12H,2-4,20H2,1H3. The molecule has 6 heteroatoms. The summed E-state index contributed by atoms with van der Waals surface area (Å²) in [7, 11) is -0.487. The van der Waals surface area contributed by atoms with Crippen molar-refractivity contribution in [3.63, 3.8) is 0 Å². The van der Waals surface area contributed by atoms with E-state index in [4.69, 9.17) is 10.00 Å². The number of benzene rings is 1. The van der Waals surface area contributed by atoms with E-state index < -0.39 is 14.4 Å². The molecule has 1 rings (SSSR count). The Morgan fingerprint density at radius 3 is 2.80 bits per heavy atom. The fourth-order valence-electron chi connectivity index (χ4n) is 1.63. The summed E-state index contributed by atoms with van der Waals surface area (Å²) in [5.74, 6) is 0.661. The van der Waals surface area contributed by atoms with Gasteiger partial charge in [-0.2, -0.15) is 5.26 Å². The zero-order chi connectivity index (χ0) is 14.8. The Bertz CT molecular complexity index is 494. The van der Waals surface area contributed by atoms with Gasteiger partial charge in [-0.15, -0.1) is 5.70 Å². The lowest BCUT2D eigenvalue weighted by Crippen LogP contribution is -2.18. The number of nitrogens with zero attached hydrogens (tertiary/aromatic N) is 2. The highest BCUT2D eigenvalue weighted by Gasteiger charge is 2.06. The first-order valence-electron chi connectivity index (χ1n) is 6.56. The van der Waals surface area contributed by atoms with E-state index in [2.05, 4.69) is 17.8 Å². The van der Waals surface area contributed by atoms with E-state index in [1.807, 2.05) is 6.92 Å². The van der Waals surface area contributed by atoms with Crippen LogP contribution in [0.15, 0.2) is 36.0 Å². The minimum absolute atomic E-state index is 0.0691. The Hall–Kier alpha value is -2.13. The molecular weight excluding hydrogens is 272 g/mol. The number of nitriles is 1. The van der Waals surface area contributed by atoms with Gasteiger partial charge in [0.05, 0.1) is 26.2 Å². The van der Waals surface area contributed by atoms with E-state index in [9.17, 15) is 10.1 Å². The van der Waals surface area contributed by atoms with Crippen LogP contribution in [0.25, 0.3) is 0 Å². The number of non-ortho nitro benzene ring substituents is 1. The van der Waals surface area contributed by atoms with E-state index >= 15 is 0 Å². The van der Waals surface area contributed by atoms with Crippen LogP contribution in [0.1, 0.15) is 26.2 Å². The highest BCUT2D eigenvalue weighted by molar-refractivity contribution is 6.43.